The molecule has 1 unspecified atom stereocenters. The largest absolute Gasteiger partial charge is 0.351 e. The third-order valence-electron chi connectivity index (χ3n) is 3.74. The van der Waals surface area contributed by atoms with Crippen molar-refractivity contribution in [1.29, 1.82) is 0 Å². The van der Waals surface area contributed by atoms with Crippen molar-refractivity contribution in [3.63, 3.8) is 0 Å². The van der Waals surface area contributed by atoms with Gasteiger partial charge in [0.1, 0.15) is 5.92 Å². The quantitative estimate of drug-likeness (QED) is 0.682. The second-order valence-electron chi connectivity index (χ2n) is 5.24. The Hall–Kier alpha value is -2.95. The summed E-state index contributed by atoms with van der Waals surface area (Å²) in [5, 5.41) is 0. The third-order valence-corrected chi connectivity index (χ3v) is 3.74. The van der Waals surface area contributed by atoms with Crippen LogP contribution in [0.1, 0.15) is 27.4 Å². The topological polar surface area (TPSA) is 80.5 Å². The summed E-state index contributed by atoms with van der Waals surface area (Å²) in [5.74, 6) is -1.95. The van der Waals surface area contributed by atoms with Gasteiger partial charge in [-0.2, -0.15) is 0 Å². The Bertz CT molecular complexity index is 784. The summed E-state index contributed by atoms with van der Waals surface area (Å²) >= 11 is 0. The molecule has 3 amide bonds. The highest BCUT2D eigenvalue weighted by atomic mass is 16.2. The van der Waals surface area contributed by atoms with E-state index in [1.54, 1.807) is 48.5 Å². The molecule has 5 nitrogen and oxygen atoms in total. The Labute approximate surface area is 127 Å². The van der Waals surface area contributed by atoms with Gasteiger partial charge in [-0.05, 0) is 18.6 Å². The summed E-state index contributed by atoms with van der Waals surface area (Å²) < 4.78 is 0. The van der Waals surface area contributed by atoms with Crippen molar-refractivity contribution >= 4 is 23.4 Å². The number of anilines is 1. The lowest BCUT2D eigenvalue weighted by Crippen LogP contribution is -2.40. The summed E-state index contributed by atoms with van der Waals surface area (Å²) in [7, 11) is 0. The number of nitrogens with two attached hydrogens (primary N) is 1. The van der Waals surface area contributed by atoms with Crippen molar-refractivity contribution in [3.05, 3.63) is 65.2 Å². The number of aryl methyl sites for hydroxylation is 1. The molecular formula is C17H14N2O3. The minimum Gasteiger partial charge on any atom is -0.351 e. The van der Waals surface area contributed by atoms with E-state index >= 15 is 0 Å². The van der Waals surface area contributed by atoms with Crippen molar-refractivity contribution < 1.29 is 14.4 Å². The molecule has 1 aliphatic rings. The highest BCUT2D eigenvalue weighted by molar-refractivity contribution is 6.29. The van der Waals surface area contributed by atoms with Crippen molar-refractivity contribution in [2.24, 2.45) is 5.73 Å². The van der Waals surface area contributed by atoms with E-state index in [9.17, 15) is 14.4 Å². The van der Waals surface area contributed by atoms with E-state index in [0.717, 1.165) is 10.5 Å². The van der Waals surface area contributed by atoms with Gasteiger partial charge >= 0.3 is 6.03 Å². The lowest BCUT2D eigenvalue weighted by atomic mass is 9.91. The SMILES string of the molecule is Cc1ccc2c(c1)C(C(=O)c1ccccc1)C(=O)N2C(N)=O. The van der Waals surface area contributed by atoms with Crippen LogP contribution in [0.4, 0.5) is 10.5 Å². The zero-order valence-corrected chi connectivity index (χ0v) is 11.9. The van der Waals surface area contributed by atoms with E-state index in [-0.39, 0.29) is 5.78 Å². The standard InChI is InChI=1S/C17H14N2O3/c1-10-7-8-13-12(9-10)14(16(21)19(13)17(18)22)15(20)11-5-3-2-4-6-11/h2-9,14H,1H3,(H2,18,22). The van der Waals surface area contributed by atoms with Crippen LogP contribution in [-0.4, -0.2) is 17.7 Å². The molecule has 1 atom stereocenters. The van der Waals surface area contributed by atoms with E-state index < -0.39 is 17.9 Å². The number of benzene rings is 2. The Morgan fingerprint density at radius 3 is 2.41 bits per heavy atom. The first-order chi connectivity index (χ1) is 10.5. The molecule has 0 fully saturated rings. The molecule has 0 radical (unpaired) electrons. The maximum absolute atomic E-state index is 12.7. The Morgan fingerprint density at radius 1 is 1.09 bits per heavy atom. The summed E-state index contributed by atoms with van der Waals surface area (Å²) in [4.78, 5) is 37.7. The van der Waals surface area contributed by atoms with Gasteiger partial charge in [-0.25, -0.2) is 9.69 Å². The smallest absolute Gasteiger partial charge is 0.326 e. The summed E-state index contributed by atoms with van der Waals surface area (Å²) in [6.45, 7) is 1.86. The van der Waals surface area contributed by atoms with Gasteiger partial charge in [0.05, 0.1) is 5.69 Å². The normalized spacial score (nSPS) is 16.5. The number of amides is 3. The van der Waals surface area contributed by atoms with Crippen molar-refractivity contribution in [2.45, 2.75) is 12.8 Å². The lowest BCUT2D eigenvalue weighted by Gasteiger charge is -2.12. The zero-order chi connectivity index (χ0) is 15.9. The number of carbonyl (C=O) groups excluding carboxylic acids is 3. The van der Waals surface area contributed by atoms with Crippen LogP contribution in [0.5, 0.6) is 0 Å². The lowest BCUT2D eigenvalue weighted by molar-refractivity contribution is -0.117. The van der Waals surface area contributed by atoms with Gasteiger partial charge in [-0.15, -0.1) is 0 Å². The zero-order valence-electron chi connectivity index (χ0n) is 11.9. The van der Waals surface area contributed by atoms with E-state index in [1.807, 2.05) is 6.92 Å². The fraction of sp³-hybridized carbons (Fsp3) is 0.118. The number of urea groups is 1. The second-order valence-corrected chi connectivity index (χ2v) is 5.24. The summed E-state index contributed by atoms with van der Waals surface area (Å²) in [5.41, 5.74) is 7.55. The average Bonchev–Trinajstić information content (AvgIpc) is 2.78. The molecule has 0 saturated carbocycles. The maximum atomic E-state index is 12.7. The van der Waals surface area contributed by atoms with Crippen molar-refractivity contribution in [2.75, 3.05) is 4.90 Å². The van der Waals surface area contributed by atoms with Gasteiger partial charge in [-0.1, -0.05) is 48.0 Å². The molecule has 0 spiro atoms. The molecule has 0 bridgehead atoms. The van der Waals surface area contributed by atoms with Gasteiger partial charge in [-0.3, -0.25) is 9.59 Å². The van der Waals surface area contributed by atoms with Crippen molar-refractivity contribution in [3.8, 4) is 0 Å². The summed E-state index contributed by atoms with van der Waals surface area (Å²) in [6.07, 6.45) is 0. The third kappa shape index (κ3) is 2.07. The first-order valence-corrected chi connectivity index (χ1v) is 6.84. The maximum Gasteiger partial charge on any atom is 0.326 e. The van der Waals surface area contributed by atoms with E-state index in [4.69, 9.17) is 5.73 Å². The first-order valence-electron chi connectivity index (χ1n) is 6.84. The number of nitrogens with zero attached hydrogens (tertiary/aromatic N) is 1. The number of carbonyl (C=O) groups is 3. The number of ketones is 1. The fourth-order valence-electron chi connectivity index (χ4n) is 2.74. The number of hydrogen-bond acceptors (Lipinski definition) is 3. The van der Waals surface area contributed by atoms with Crippen LogP contribution in [0.25, 0.3) is 0 Å². The monoisotopic (exact) mass is 294 g/mol. The highest BCUT2D eigenvalue weighted by Crippen LogP contribution is 2.39. The van der Waals surface area contributed by atoms with Crippen LogP contribution >= 0.6 is 0 Å². The predicted molar refractivity (Wildman–Crippen MR) is 81.8 cm³/mol. The Balaban J connectivity index is 2.13. The molecule has 1 aliphatic heterocycles. The molecule has 0 saturated heterocycles. The molecule has 2 aromatic carbocycles. The van der Waals surface area contributed by atoms with Crippen LogP contribution in [0, 0.1) is 6.92 Å². The highest BCUT2D eigenvalue weighted by Gasteiger charge is 2.44. The average molecular weight is 294 g/mol. The minimum absolute atomic E-state index is 0.332. The first kappa shape index (κ1) is 14.0. The number of rotatable bonds is 2. The van der Waals surface area contributed by atoms with Crippen LogP contribution in [0.3, 0.4) is 0 Å². The second kappa shape index (κ2) is 5.11. The van der Waals surface area contributed by atoms with Crippen LogP contribution < -0.4 is 10.6 Å². The van der Waals surface area contributed by atoms with E-state index in [2.05, 4.69) is 0 Å². The number of primary amides is 1. The number of imide groups is 1. The Kier molecular flexibility index (Phi) is 3.25. The fourth-order valence-corrected chi connectivity index (χ4v) is 2.74. The van der Waals surface area contributed by atoms with Gasteiger partial charge in [0.2, 0.25) is 0 Å². The molecule has 0 aliphatic carbocycles. The molecule has 1 heterocycles. The summed E-state index contributed by atoms with van der Waals surface area (Å²) in [6, 6.07) is 12.9. The number of hydrogen-bond donors (Lipinski definition) is 1. The molecule has 5 heteroatoms. The minimum atomic E-state index is -1.02. The van der Waals surface area contributed by atoms with Gasteiger partial charge in [0.25, 0.3) is 5.91 Å². The van der Waals surface area contributed by atoms with Gasteiger partial charge < -0.3 is 5.73 Å². The molecule has 110 valence electrons. The number of fused-ring (bicyclic) bond motifs is 1. The van der Waals surface area contributed by atoms with E-state index in [1.165, 1.54) is 0 Å². The van der Waals surface area contributed by atoms with Crippen LogP contribution in [-0.2, 0) is 4.79 Å². The Morgan fingerprint density at radius 2 is 1.77 bits per heavy atom. The molecular weight excluding hydrogens is 280 g/mol. The molecule has 22 heavy (non-hydrogen) atoms. The molecule has 2 N–H and O–H groups in total. The van der Waals surface area contributed by atoms with Gasteiger partial charge in [0.15, 0.2) is 5.78 Å². The molecule has 3 rings (SSSR count). The van der Waals surface area contributed by atoms with Crippen LogP contribution in [0.15, 0.2) is 48.5 Å². The number of Topliss-reactive ketones (excluding diaryl/α,β-unsaturated/α-hetero) is 1. The van der Waals surface area contributed by atoms with E-state index in [0.29, 0.717) is 16.8 Å². The molecule has 2 aromatic rings. The molecule has 0 aromatic heterocycles. The predicted octanol–water partition coefficient (Wildman–Crippen LogP) is 2.39. The van der Waals surface area contributed by atoms with Crippen molar-refractivity contribution in [1.82, 2.24) is 0 Å². The van der Waals surface area contributed by atoms with Crippen LogP contribution in [0.2, 0.25) is 0 Å². The van der Waals surface area contributed by atoms with Gasteiger partial charge in [0, 0.05) is 5.56 Å².